The van der Waals surface area contributed by atoms with Crippen molar-refractivity contribution in [1.82, 2.24) is 9.97 Å². The minimum atomic E-state index is -0.780. The summed E-state index contributed by atoms with van der Waals surface area (Å²) in [6.45, 7) is 10.4. The molecule has 0 saturated heterocycles. The van der Waals surface area contributed by atoms with Gasteiger partial charge in [-0.3, -0.25) is 9.78 Å². The highest BCUT2D eigenvalue weighted by Crippen LogP contribution is 2.23. The first-order valence-corrected chi connectivity index (χ1v) is 11.4. The maximum atomic E-state index is 12.9. The quantitative estimate of drug-likeness (QED) is 0.217. The average molecular weight is 526 g/mol. The Morgan fingerprint density at radius 2 is 2.03 bits per heavy atom. The summed E-state index contributed by atoms with van der Waals surface area (Å²) < 4.78 is 35.4. The lowest BCUT2D eigenvalue weighted by Gasteiger charge is -2.17. The highest BCUT2D eigenvalue weighted by Gasteiger charge is 2.17. The number of nitrogens with one attached hydrogen (secondary N) is 1. The lowest BCUT2D eigenvalue weighted by Crippen LogP contribution is -2.29. The Balaban J connectivity index is 0.000000512. The van der Waals surface area contributed by atoms with Crippen LogP contribution in [0.2, 0.25) is 5.02 Å². The summed E-state index contributed by atoms with van der Waals surface area (Å²) in [6.07, 6.45) is 9.53. The first-order chi connectivity index (χ1) is 16.9. The summed E-state index contributed by atoms with van der Waals surface area (Å²) >= 11 is 5.56. The number of alkyl halides is 1. The first kappa shape index (κ1) is 32.5. The summed E-state index contributed by atoms with van der Waals surface area (Å²) in [5.74, 6) is 2.28. The van der Waals surface area contributed by atoms with E-state index in [9.17, 15) is 13.6 Å². The molecule has 3 N–H and O–H groups in total. The van der Waals surface area contributed by atoms with E-state index in [0.29, 0.717) is 23.5 Å². The van der Waals surface area contributed by atoms with E-state index in [1.807, 2.05) is 20.8 Å². The molecule has 1 aromatic carbocycles. The number of amides is 1. The van der Waals surface area contributed by atoms with Gasteiger partial charge in [0, 0.05) is 5.69 Å². The first-order valence-electron chi connectivity index (χ1n) is 11.0. The van der Waals surface area contributed by atoms with E-state index in [1.165, 1.54) is 6.07 Å². The van der Waals surface area contributed by atoms with E-state index < -0.39 is 18.0 Å². The lowest BCUT2D eigenvalue weighted by molar-refractivity contribution is -0.105. The zero-order chi connectivity index (χ0) is 27.7. The molecule has 0 aliphatic rings. The molecule has 11 heteroatoms. The monoisotopic (exact) mass is 525 g/mol. The number of hydrogen-bond acceptors (Lipinski definition) is 6. The van der Waals surface area contributed by atoms with Crippen molar-refractivity contribution in [3.63, 3.8) is 0 Å². The van der Waals surface area contributed by atoms with Crippen LogP contribution in [-0.2, 0) is 9.53 Å². The van der Waals surface area contributed by atoms with Gasteiger partial charge < -0.3 is 20.5 Å². The number of aryl methyl sites for hydroxylation is 2. The molecule has 1 atom stereocenters. The number of carbonyl (C=O) groups excluding carboxylic acids is 1. The fourth-order valence-corrected chi connectivity index (χ4v) is 2.20. The molecule has 198 valence electrons. The Morgan fingerprint density at radius 1 is 1.36 bits per heavy atom. The fraction of sp³-hybridized carbons (Fsp3) is 0.440. The van der Waals surface area contributed by atoms with Crippen molar-refractivity contribution in [3.8, 4) is 18.2 Å². The normalized spacial score (nSPS) is 11.5. The van der Waals surface area contributed by atoms with Crippen molar-refractivity contribution in [3.05, 3.63) is 46.6 Å². The molecule has 1 heterocycles. The third-order valence-electron chi connectivity index (χ3n) is 4.13. The predicted octanol–water partition coefficient (Wildman–Crippen LogP) is 5.02. The molecule has 36 heavy (non-hydrogen) atoms. The highest BCUT2D eigenvalue weighted by atomic mass is 35.5. The molecule has 8 nitrogen and oxygen atoms in total. The summed E-state index contributed by atoms with van der Waals surface area (Å²) in [6, 6.07) is 2.83. The maximum absolute atomic E-state index is 12.9. The smallest absolute Gasteiger partial charge is 0.282 e. The predicted molar refractivity (Wildman–Crippen MR) is 139 cm³/mol. The molecule has 1 amide bonds. The van der Waals surface area contributed by atoms with Crippen LogP contribution in [0, 0.1) is 32.0 Å². The molecular weight excluding hydrogens is 492 g/mol. The van der Waals surface area contributed by atoms with Crippen LogP contribution in [0.1, 0.15) is 45.4 Å². The Bertz CT molecular complexity index is 989. The molecule has 0 saturated carbocycles. The van der Waals surface area contributed by atoms with E-state index in [-0.39, 0.29) is 23.8 Å². The van der Waals surface area contributed by atoms with Crippen molar-refractivity contribution in [1.29, 1.82) is 0 Å². The van der Waals surface area contributed by atoms with Crippen molar-refractivity contribution in [2.24, 2.45) is 10.7 Å². The summed E-state index contributed by atoms with van der Waals surface area (Å²) in [5, 5.41) is 2.43. The standard InChI is InChI=1S/C9H19FN2O.C8H7ClFNO.C8H8N2O/c1-5-7(2)13-8(11)12-9(3,4)6-10;1-5-2-6(11-4-12)3-7(10)8(5)9;1-3-4-11-8-6-9-7(2)5-10-8/h7H,5-6H2,1-4H3,(H2,11,12);2-4H,1H3,(H,11,12);1,5-6H,4H2,2H3. The second-order valence-corrected chi connectivity index (χ2v) is 8.45. The zero-order valence-corrected chi connectivity index (χ0v) is 22.2. The van der Waals surface area contributed by atoms with E-state index >= 15 is 0 Å². The number of benzene rings is 1. The van der Waals surface area contributed by atoms with Crippen molar-refractivity contribution in [2.75, 3.05) is 18.6 Å². The Kier molecular flexibility index (Phi) is 15.4. The Morgan fingerprint density at radius 3 is 2.50 bits per heavy atom. The molecule has 0 aliphatic carbocycles. The fourth-order valence-electron chi connectivity index (χ4n) is 2.09. The summed E-state index contributed by atoms with van der Waals surface area (Å²) in [5.41, 5.74) is 6.56. The number of halogens is 3. The van der Waals surface area contributed by atoms with Crippen LogP contribution in [0.25, 0.3) is 0 Å². The summed E-state index contributed by atoms with van der Waals surface area (Å²) in [7, 11) is 0. The SMILES string of the molecule is C#CCOc1cnc(C)cn1.CCC(C)OC(N)=NC(C)(C)CF.Cc1cc(NC=O)cc(F)c1Cl. The minimum Gasteiger partial charge on any atom is -0.463 e. The lowest BCUT2D eigenvalue weighted by atomic mass is 10.1. The molecule has 0 bridgehead atoms. The van der Waals surface area contributed by atoms with Crippen molar-refractivity contribution < 1.29 is 23.0 Å². The average Bonchev–Trinajstić information content (AvgIpc) is 2.82. The number of aliphatic imine (C=N–C) groups is 1. The van der Waals surface area contributed by atoms with Gasteiger partial charge in [0.15, 0.2) is 6.61 Å². The second-order valence-electron chi connectivity index (χ2n) is 8.07. The third kappa shape index (κ3) is 14.1. The van der Waals surface area contributed by atoms with Crippen LogP contribution in [0.15, 0.2) is 29.5 Å². The number of ether oxygens (including phenoxy) is 2. The molecule has 0 spiro atoms. The summed E-state index contributed by atoms with van der Waals surface area (Å²) in [4.78, 5) is 21.8. The molecule has 1 unspecified atom stereocenters. The van der Waals surface area contributed by atoms with Gasteiger partial charge >= 0.3 is 0 Å². The largest absolute Gasteiger partial charge is 0.463 e. The van der Waals surface area contributed by atoms with Crippen LogP contribution in [0.5, 0.6) is 5.88 Å². The van der Waals surface area contributed by atoms with Gasteiger partial charge in [0.05, 0.1) is 34.8 Å². The molecule has 0 radical (unpaired) electrons. The van der Waals surface area contributed by atoms with Gasteiger partial charge in [0.25, 0.3) is 6.02 Å². The van der Waals surface area contributed by atoms with Gasteiger partial charge in [-0.25, -0.2) is 18.8 Å². The molecular formula is C25H34ClF2N5O3. The number of anilines is 1. The van der Waals surface area contributed by atoms with E-state index in [0.717, 1.165) is 12.1 Å². The van der Waals surface area contributed by atoms with Gasteiger partial charge in [0.1, 0.15) is 12.5 Å². The van der Waals surface area contributed by atoms with Crippen molar-refractivity contribution in [2.45, 2.75) is 59.6 Å². The van der Waals surface area contributed by atoms with Gasteiger partial charge in [0.2, 0.25) is 12.3 Å². The number of terminal acetylenes is 1. The van der Waals surface area contributed by atoms with Crippen LogP contribution in [-0.4, -0.2) is 47.3 Å². The number of nitrogens with zero attached hydrogens (tertiary/aromatic N) is 3. The van der Waals surface area contributed by atoms with Crippen LogP contribution >= 0.6 is 11.6 Å². The number of nitrogens with two attached hydrogens (primary N) is 1. The van der Waals surface area contributed by atoms with E-state index in [4.69, 9.17) is 33.2 Å². The Hall–Kier alpha value is -3.45. The van der Waals surface area contributed by atoms with Crippen LogP contribution in [0.4, 0.5) is 14.5 Å². The maximum Gasteiger partial charge on any atom is 0.282 e. The topological polar surface area (TPSA) is 112 Å². The molecule has 2 aromatic rings. The van der Waals surface area contributed by atoms with E-state index in [2.05, 4.69) is 26.2 Å². The highest BCUT2D eigenvalue weighted by molar-refractivity contribution is 6.31. The number of hydrogen-bond donors (Lipinski definition) is 2. The second kappa shape index (κ2) is 17.1. The third-order valence-corrected chi connectivity index (χ3v) is 4.61. The molecule has 2 rings (SSSR count). The zero-order valence-electron chi connectivity index (χ0n) is 21.4. The van der Waals surface area contributed by atoms with Gasteiger partial charge in [-0.15, -0.1) is 6.42 Å². The van der Waals surface area contributed by atoms with Gasteiger partial charge in [-0.2, -0.15) is 0 Å². The minimum absolute atomic E-state index is 0.0270. The molecule has 0 aliphatic heterocycles. The van der Waals surface area contributed by atoms with Gasteiger partial charge in [-0.1, -0.05) is 24.4 Å². The molecule has 1 aromatic heterocycles. The van der Waals surface area contributed by atoms with Crippen molar-refractivity contribution >= 4 is 29.7 Å². The van der Waals surface area contributed by atoms with Crippen LogP contribution < -0.4 is 15.8 Å². The van der Waals surface area contributed by atoms with Gasteiger partial charge in [-0.05, 0) is 58.7 Å². The number of rotatable bonds is 8. The van der Waals surface area contributed by atoms with Crippen LogP contribution in [0.3, 0.4) is 0 Å². The number of aromatic nitrogens is 2. The van der Waals surface area contributed by atoms with E-state index in [1.54, 1.807) is 39.2 Å². The molecule has 0 fully saturated rings. The Labute approximate surface area is 216 Å². The number of carbonyl (C=O) groups is 1. The number of amidine groups is 1.